The first-order valence-electron chi connectivity index (χ1n) is 8.66. The van der Waals surface area contributed by atoms with Crippen LogP contribution in [0.3, 0.4) is 0 Å². The second-order valence-electron chi connectivity index (χ2n) is 6.82. The van der Waals surface area contributed by atoms with Gasteiger partial charge in [0.05, 0.1) is 22.4 Å². The molecule has 0 atom stereocenters. The van der Waals surface area contributed by atoms with Crippen LogP contribution >= 0.6 is 11.8 Å². The summed E-state index contributed by atoms with van der Waals surface area (Å²) in [5.74, 6) is -1.04. The monoisotopic (exact) mass is 468 g/mol. The number of sulfone groups is 1. The molecule has 3 aromatic rings. The second-order valence-corrected chi connectivity index (χ2v) is 11.7. The SMILES string of the molecule is Cc1c(Sc2cccc(S(C)(=O)=O)c2)c2c(NS(C)(=O)=O)cccc2n1CC(=O)O. The number of nitrogens with zero attached hydrogens (tertiary/aromatic N) is 1. The molecule has 0 unspecified atom stereocenters. The summed E-state index contributed by atoms with van der Waals surface area (Å²) in [6.07, 6.45) is 2.16. The summed E-state index contributed by atoms with van der Waals surface area (Å²) in [5, 5.41) is 9.88. The summed E-state index contributed by atoms with van der Waals surface area (Å²) in [7, 11) is -6.98. The van der Waals surface area contributed by atoms with Gasteiger partial charge in [-0.1, -0.05) is 23.9 Å². The Hall–Kier alpha value is -2.50. The Balaban J connectivity index is 2.25. The van der Waals surface area contributed by atoms with Crippen LogP contribution in [0.5, 0.6) is 0 Å². The Bertz CT molecular complexity index is 1360. The van der Waals surface area contributed by atoms with E-state index >= 15 is 0 Å². The summed E-state index contributed by atoms with van der Waals surface area (Å²) in [6.45, 7) is 1.45. The van der Waals surface area contributed by atoms with Crippen molar-refractivity contribution >= 4 is 54.2 Å². The van der Waals surface area contributed by atoms with Crippen molar-refractivity contribution in [3.63, 3.8) is 0 Å². The van der Waals surface area contributed by atoms with Gasteiger partial charge in [-0.3, -0.25) is 9.52 Å². The van der Waals surface area contributed by atoms with Gasteiger partial charge in [0.1, 0.15) is 6.54 Å². The molecule has 0 saturated carbocycles. The molecule has 8 nitrogen and oxygen atoms in total. The third-order valence-corrected chi connectivity index (χ3v) is 7.23. The van der Waals surface area contributed by atoms with Crippen molar-refractivity contribution < 1.29 is 26.7 Å². The number of anilines is 1. The molecule has 0 amide bonds. The minimum absolute atomic E-state index is 0.161. The number of benzene rings is 2. The zero-order chi connectivity index (χ0) is 22.3. The standard InChI is InChI=1S/C19H20N2O6S3/c1-12-19(28-13-6-4-7-14(10-13)29(2,24)25)18-15(20-30(3,26)27)8-5-9-16(18)21(12)11-17(22)23/h4-10,20H,11H2,1-3H3,(H,22,23). The summed E-state index contributed by atoms with van der Waals surface area (Å²) >= 11 is 1.25. The van der Waals surface area contributed by atoms with Gasteiger partial charge in [-0.15, -0.1) is 0 Å². The zero-order valence-electron chi connectivity index (χ0n) is 16.4. The number of hydrogen-bond donors (Lipinski definition) is 2. The van der Waals surface area contributed by atoms with Crippen LogP contribution in [0, 0.1) is 6.92 Å². The number of aromatic nitrogens is 1. The first-order chi connectivity index (χ1) is 13.9. The normalized spacial score (nSPS) is 12.2. The molecule has 1 heterocycles. The average molecular weight is 469 g/mol. The maximum atomic E-state index is 11.9. The maximum absolute atomic E-state index is 11.9. The molecule has 0 radical (unpaired) electrons. The number of hydrogen-bond acceptors (Lipinski definition) is 6. The smallest absolute Gasteiger partial charge is 0.323 e. The van der Waals surface area contributed by atoms with Crippen LogP contribution in [0.2, 0.25) is 0 Å². The summed E-state index contributed by atoms with van der Waals surface area (Å²) in [5.41, 5.74) is 1.51. The number of fused-ring (bicyclic) bond motifs is 1. The molecule has 2 N–H and O–H groups in total. The molecule has 0 aliphatic carbocycles. The van der Waals surface area contributed by atoms with E-state index in [1.54, 1.807) is 41.8 Å². The number of aliphatic carboxylic acids is 1. The minimum atomic E-state index is -3.58. The van der Waals surface area contributed by atoms with Crippen LogP contribution in [-0.4, -0.2) is 45.0 Å². The van der Waals surface area contributed by atoms with E-state index in [4.69, 9.17) is 0 Å². The number of carboxylic acid groups (broad SMARTS) is 1. The third-order valence-electron chi connectivity index (χ3n) is 4.34. The predicted octanol–water partition coefficient (Wildman–Crippen LogP) is 2.96. The highest BCUT2D eigenvalue weighted by molar-refractivity contribution is 7.99. The molecule has 0 aliphatic rings. The van der Waals surface area contributed by atoms with E-state index in [1.165, 1.54) is 23.9 Å². The Morgan fingerprint density at radius 3 is 2.37 bits per heavy atom. The fourth-order valence-electron chi connectivity index (χ4n) is 3.12. The first-order valence-corrected chi connectivity index (χ1v) is 13.3. The lowest BCUT2D eigenvalue weighted by molar-refractivity contribution is -0.137. The third kappa shape index (κ3) is 4.79. The van der Waals surface area contributed by atoms with Gasteiger partial charge < -0.3 is 9.67 Å². The van der Waals surface area contributed by atoms with Gasteiger partial charge in [-0.05, 0) is 37.3 Å². The van der Waals surface area contributed by atoms with Gasteiger partial charge in [-0.2, -0.15) is 0 Å². The Kier molecular flexibility index (Phi) is 5.89. The van der Waals surface area contributed by atoms with Crippen molar-refractivity contribution in [2.75, 3.05) is 17.2 Å². The molecule has 11 heteroatoms. The van der Waals surface area contributed by atoms with Crippen LogP contribution in [0.4, 0.5) is 5.69 Å². The molecule has 2 aromatic carbocycles. The molecule has 30 heavy (non-hydrogen) atoms. The number of carboxylic acids is 1. The maximum Gasteiger partial charge on any atom is 0.323 e. The van der Waals surface area contributed by atoms with Gasteiger partial charge in [0, 0.05) is 27.1 Å². The average Bonchev–Trinajstić information content (AvgIpc) is 2.86. The largest absolute Gasteiger partial charge is 0.480 e. The van der Waals surface area contributed by atoms with Gasteiger partial charge in [0.25, 0.3) is 0 Å². The van der Waals surface area contributed by atoms with E-state index in [0.29, 0.717) is 32.1 Å². The second kappa shape index (κ2) is 7.97. The molecule has 0 aliphatic heterocycles. The van der Waals surface area contributed by atoms with Crippen molar-refractivity contribution in [2.45, 2.75) is 28.2 Å². The lowest BCUT2D eigenvalue weighted by Gasteiger charge is -2.09. The fraction of sp³-hybridized carbons (Fsp3) is 0.211. The van der Waals surface area contributed by atoms with Crippen LogP contribution in [0.15, 0.2) is 57.2 Å². The van der Waals surface area contributed by atoms with Crippen molar-refractivity contribution in [2.24, 2.45) is 0 Å². The van der Waals surface area contributed by atoms with Crippen molar-refractivity contribution in [3.05, 3.63) is 48.2 Å². The zero-order valence-corrected chi connectivity index (χ0v) is 18.9. The molecule has 3 rings (SSSR count). The van der Waals surface area contributed by atoms with E-state index in [0.717, 1.165) is 12.5 Å². The van der Waals surface area contributed by atoms with Crippen LogP contribution in [0.1, 0.15) is 5.69 Å². The number of sulfonamides is 1. The highest BCUT2D eigenvalue weighted by Crippen LogP contribution is 2.42. The van der Waals surface area contributed by atoms with Gasteiger partial charge in [-0.25, -0.2) is 16.8 Å². The first kappa shape index (κ1) is 22.2. The highest BCUT2D eigenvalue weighted by atomic mass is 32.2. The van der Waals surface area contributed by atoms with Crippen LogP contribution in [0.25, 0.3) is 10.9 Å². The molecule has 0 spiro atoms. The molecule has 160 valence electrons. The van der Waals surface area contributed by atoms with E-state index in [-0.39, 0.29) is 11.4 Å². The summed E-state index contributed by atoms with van der Waals surface area (Å²) in [6, 6.07) is 11.4. The quantitative estimate of drug-likeness (QED) is 0.546. The Morgan fingerprint density at radius 2 is 1.77 bits per heavy atom. The van der Waals surface area contributed by atoms with Crippen LogP contribution in [-0.2, 0) is 31.2 Å². The number of carbonyl (C=O) groups is 1. The highest BCUT2D eigenvalue weighted by Gasteiger charge is 2.21. The minimum Gasteiger partial charge on any atom is -0.480 e. The molecule has 0 saturated heterocycles. The van der Waals surface area contributed by atoms with Crippen LogP contribution < -0.4 is 4.72 Å². The van der Waals surface area contributed by atoms with Crippen molar-refractivity contribution in [1.82, 2.24) is 4.57 Å². The van der Waals surface area contributed by atoms with Crippen molar-refractivity contribution in [1.29, 1.82) is 0 Å². The Labute approximate surface area is 178 Å². The van der Waals surface area contributed by atoms with E-state index in [1.807, 2.05) is 0 Å². The molecular formula is C19H20N2O6S3. The number of rotatable bonds is 7. The van der Waals surface area contributed by atoms with Gasteiger partial charge in [0.2, 0.25) is 10.0 Å². The molecule has 1 aromatic heterocycles. The topological polar surface area (TPSA) is 123 Å². The summed E-state index contributed by atoms with van der Waals surface area (Å²) < 4.78 is 51.6. The predicted molar refractivity (Wildman–Crippen MR) is 116 cm³/mol. The Morgan fingerprint density at radius 1 is 1.10 bits per heavy atom. The van der Waals surface area contributed by atoms with E-state index in [9.17, 15) is 26.7 Å². The molecule has 0 fully saturated rings. The van der Waals surface area contributed by atoms with E-state index in [2.05, 4.69) is 4.72 Å². The van der Waals surface area contributed by atoms with Gasteiger partial charge in [0.15, 0.2) is 9.84 Å². The lowest BCUT2D eigenvalue weighted by atomic mass is 10.2. The lowest BCUT2D eigenvalue weighted by Crippen LogP contribution is -2.10. The number of nitrogens with one attached hydrogen (secondary N) is 1. The van der Waals surface area contributed by atoms with Crippen molar-refractivity contribution in [3.8, 4) is 0 Å². The molecular weight excluding hydrogens is 448 g/mol. The van der Waals surface area contributed by atoms with Gasteiger partial charge >= 0.3 is 5.97 Å². The molecule has 0 bridgehead atoms. The summed E-state index contributed by atoms with van der Waals surface area (Å²) in [4.78, 5) is 12.8. The van der Waals surface area contributed by atoms with E-state index < -0.39 is 25.8 Å². The fourth-order valence-corrected chi connectivity index (χ4v) is 5.58.